The lowest BCUT2D eigenvalue weighted by Gasteiger charge is -2.22. The molecule has 21 heavy (non-hydrogen) atoms. The van der Waals surface area contributed by atoms with E-state index in [9.17, 15) is 8.42 Å². The number of nitrogens with zero attached hydrogens (tertiary/aromatic N) is 1. The summed E-state index contributed by atoms with van der Waals surface area (Å²) in [7, 11) is -3.47. The fourth-order valence-corrected chi connectivity index (χ4v) is 4.21. The Morgan fingerprint density at radius 3 is 2.48 bits per heavy atom. The van der Waals surface area contributed by atoms with E-state index >= 15 is 0 Å². The van der Waals surface area contributed by atoms with E-state index in [4.69, 9.17) is 0 Å². The van der Waals surface area contributed by atoms with Crippen molar-refractivity contribution in [3.8, 4) is 0 Å². The Morgan fingerprint density at radius 2 is 1.71 bits per heavy atom. The van der Waals surface area contributed by atoms with Crippen LogP contribution >= 0.6 is 0 Å². The van der Waals surface area contributed by atoms with Gasteiger partial charge in [-0.1, -0.05) is 48.5 Å². The van der Waals surface area contributed by atoms with Gasteiger partial charge in [0.05, 0.1) is 11.1 Å². The van der Waals surface area contributed by atoms with Crippen molar-refractivity contribution in [2.24, 2.45) is 0 Å². The van der Waals surface area contributed by atoms with Crippen molar-refractivity contribution < 1.29 is 8.42 Å². The molecule has 1 aliphatic heterocycles. The van der Waals surface area contributed by atoms with Gasteiger partial charge < -0.3 is 0 Å². The maximum atomic E-state index is 12.6. The van der Waals surface area contributed by atoms with Gasteiger partial charge in [0.2, 0.25) is 0 Å². The first-order valence-electron chi connectivity index (χ1n) is 6.93. The van der Waals surface area contributed by atoms with E-state index in [2.05, 4.69) is 0 Å². The number of benzene rings is 2. The van der Waals surface area contributed by atoms with Gasteiger partial charge in [0, 0.05) is 6.04 Å². The van der Waals surface area contributed by atoms with Crippen molar-refractivity contribution in [1.29, 1.82) is 0 Å². The maximum absolute atomic E-state index is 12.6. The SMILES string of the molecule is C[C@@H]1Cc2ccccc2N1S(=O)(=O)/C=C/c1ccccc1. The molecule has 0 spiro atoms. The third-order valence-electron chi connectivity index (χ3n) is 3.65. The first-order chi connectivity index (χ1) is 10.1. The average molecular weight is 299 g/mol. The molecule has 0 saturated heterocycles. The number of sulfonamides is 1. The average Bonchev–Trinajstić information content (AvgIpc) is 2.83. The standard InChI is InChI=1S/C17H17NO2S/c1-14-13-16-9-5-6-10-17(16)18(14)21(19,20)12-11-15-7-3-2-4-8-15/h2-12,14H,13H2,1H3/b12-11+/t14-/m1/s1. The Hall–Kier alpha value is -2.07. The van der Waals surface area contributed by atoms with Crippen molar-refractivity contribution in [2.45, 2.75) is 19.4 Å². The molecule has 4 heteroatoms. The molecule has 3 rings (SSSR count). The highest BCUT2D eigenvalue weighted by atomic mass is 32.2. The molecule has 0 N–H and O–H groups in total. The van der Waals surface area contributed by atoms with Gasteiger partial charge in [0.25, 0.3) is 10.0 Å². The fourth-order valence-electron chi connectivity index (χ4n) is 2.72. The predicted octanol–water partition coefficient (Wildman–Crippen LogP) is 3.44. The van der Waals surface area contributed by atoms with Gasteiger partial charge in [-0.25, -0.2) is 8.42 Å². The third kappa shape index (κ3) is 2.72. The smallest absolute Gasteiger partial charge is 0.257 e. The quantitative estimate of drug-likeness (QED) is 0.870. The largest absolute Gasteiger partial charge is 0.263 e. The highest BCUT2D eigenvalue weighted by Gasteiger charge is 2.33. The molecule has 108 valence electrons. The van der Waals surface area contributed by atoms with Crippen LogP contribution in [0.5, 0.6) is 0 Å². The summed E-state index contributed by atoms with van der Waals surface area (Å²) in [6, 6.07) is 17.1. The number of fused-ring (bicyclic) bond motifs is 1. The molecule has 3 nitrogen and oxygen atoms in total. The summed E-state index contributed by atoms with van der Waals surface area (Å²) in [6.45, 7) is 1.94. The molecular formula is C17H17NO2S. The van der Waals surface area contributed by atoms with Crippen LogP contribution in [-0.2, 0) is 16.4 Å². The van der Waals surface area contributed by atoms with E-state index in [0.717, 1.165) is 23.2 Å². The van der Waals surface area contributed by atoms with Crippen LogP contribution in [0.1, 0.15) is 18.1 Å². The number of para-hydroxylation sites is 1. The van der Waals surface area contributed by atoms with Crippen LogP contribution in [0.2, 0.25) is 0 Å². The van der Waals surface area contributed by atoms with Crippen molar-refractivity contribution in [2.75, 3.05) is 4.31 Å². The molecule has 1 heterocycles. The molecule has 0 aromatic heterocycles. The molecule has 2 aromatic rings. The third-order valence-corrected chi connectivity index (χ3v) is 5.24. The second kappa shape index (κ2) is 5.37. The maximum Gasteiger partial charge on any atom is 0.257 e. The molecule has 1 aliphatic rings. The molecule has 1 atom stereocenters. The second-order valence-corrected chi connectivity index (χ2v) is 6.93. The summed E-state index contributed by atoms with van der Waals surface area (Å²) < 4.78 is 26.8. The molecule has 0 bridgehead atoms. The molecule has 0 fully saturated rings. The molecule has 0 unspecified atom stereocenters. The lowest BCUT2D eigenvalue weighted by atomic mass is 10.1. The van der Waals surface area contributed by atoms with Crippen LogP contribution in [0.25, 0.3) is 6.08 Å². The Morgan fingerprint density at radius 1 is 1.05 bits per heavy atom. The van der Waals surface area contributed by atoms with Gasteiger partial charge in [0.1, 0.15) is 0 Å². The van der Waals surface area contributed by atoms with E-state index < -0.39 is 10.0 Å². The van der Waals surface area contributed by atoms with Crippen LogP contribution in [0.4, 0.5) is 5.69 Å². The minimum atomic E-state index is -3.47. The van der Waals surface area contributed by atoms with E-state index in [-0.39, 0.29) is 6.04 Å². The highest BCUT2D eigenvalue weighted by Crippen LogP contribution is 2.34. The highest BCUT2D eigenvalue weighted by molar-refractivity contribution is 7.95. The second-order valence-electron chi connectivity index (χ2n) is 5.24. The summed E-state index contributed by atoms with van der Waals surface area (Å²) in [4.78, 5) is 0. The monoisotopic (exact) mass is 299 g/mol. The topological polar surface area (TPSA) is 37.4 Å². The van der Waals surface area contributed by atoms with Gasteiger partial charge in [-0.05, 0) is 36.6 Å². The minimum Gasteiger partial charge on any atom is -0.263 e. The molecular weight excluding hydrogens is 282 g/mol. The molecule has 0 radical (unpaired) electrons. The number of hydrogen-bond acceptors (Lipinski definition) is 2. The van der Waals surface area contributed by atoms with E-state index in [1.54, 1.807) is 6.08 Å². The first kappa shape index (κ1) is 13.9. The Balaban J connectivity index is 1.94. The zero-order chi connectivity index (χ0) is 14.9. The molecule has 2 aromatic carbocycles. The van der Waals surface area contributed by atoms with Gasteiger partial charge in [-0.2, -0.15) is 0 Å². The van der Waals surface area contributed by atoms with Crippen LogP contribution in [0, 0.1) is 0 Å². The zero-order valence-electron chi connectivity index (χ0n) is 11.8. The summed E-state index contributed by atoms with van der Waals surface area (Å²) in [5, 5.41) is 1.29. The minimum absolute atomic E-state index is 0.0483. The Kier molecular flexibility index (Phi) is 3.55. The van der Waals surface area contributed by atoms with Gasteiger partial charge in [0.15, 0.2) is 0 Å². The van der Waals surface area contributed by atoms with E-state index in [1.165, 1.54) is 9.71 Å². The predicted molar refractivity (Wildman–Crippen MR) is 86.5 cm³/mol. The number of hydrogen-bond donors (Lipinski definition) is 0. The first-order valence-corrected chi connectivity index (χ1v) is 8.44. The molecule has 0 amide bonds. The summed E-state index contributed by atoms with van der Waals surface area (Å²) in [5.41, 5.74) is 2.76. The van der Waals surface area contributed by atoms with Crippen molar-refractivity contribution in [3.05, 3.63) is 71.1 Å². The summed E-state index contributed by atoms with van der Waals surface area (Å²) in [6.07, 6.45) is 2.40. The molecule has 0 saturated carbocycles. The van der Waals surface area contributed by atoms with Crippen LogP contribution in [0.3, 0.4) is 0 Å². The lowest BCUT2D eigenvalue weighted by Crippen LogP contribution is -2.34. The normalized spacial score (nSPS) is 18.1. The van der Waals surface area contributed by atoms with Crippen LogP contribution < -0.4 is 4.31 Å². The lowest BCUT2D eigenvalue weighted by molar-refractivity contribution is 0.593. The van der Waals surface area contributed by atoms with Crippen molar-refractivity contribution in [1.82, 2.24) is 0 Å². The van der Waals surface area contributed by atoms with Crippen LogP contribution in [-0.4, -0.2) is 14.5 Å². The van der Waals surface area contributed by atoms with Gasteiger partial charge in [-0.15, -0.1) is 0 Å². The van der Waals surface area contributed by atoms with Gasteiger partial charge in [-0.3, -0.25) is 4.31 Å². The van der Waals surface area contributed by atoms with Crippen LogP contribution in [0.15, 0.2) is 60.0 Å². The number of anilines is 1. The Bertz CT molecular complexity index is 766. The molecule has 0 aliphatic carbocycles. The van der Waals surface area contributed by atoms with E-state index in [0.29, 0.717) is 0 Å². The van der Waals surface area contributed by atoms with Crippen molar-refractivity contribution >= 4 is 21.8 Å². The summed E-state index contributed by atoms with van der Waals surface area (Å²) >= 11 is 0. The number of rotatable bonds is 3. The fraction of sp³-hybridized carbons (Fsp3) is 0.176. The van der Waals surface area contributed by atoms with Gasteiger partial charge >= 0.3 is 0 Å². The Labute approximate surface area is 125 Å². The summed E-state index contributed by atoms with van der Waals surface area (Å²) in [5.74, 6) is 0. The zero-order valence-corrected chi connectivity index (χ0v) is 12.6. The van der Waals surface area contributed by atoms with E-state index in [1.807, 2.05) is 61.5 Å². The van der Waals surface area contributed by atoms with Crippen molar-refractivity contribution in [3.63, 3.8) is 0 Å².